The van der Waals surface area contributed by atoms with Crippen LogP contribution < -0.4 is 5.32 Å². The van der Waals surface area contributed by atoms with E-state index >= 15 is 0 Å². The predicted molar refractivity (Wildman–Crippen MR) is 102 cm³/mol. The van der Waals surface area contributed by atoms with Crippen molar-refractivity contribution in [1.82, 2.24) is 0 Å². The molecule has 2 aromatic carbocycles. The van der Waals surface area contributed by atoms with Gasteiger partial charge >= 0.3 is 5.97 Å². The number of aryl methyl sites for hydroxylation is 3. The topological polar surface area (TPSA) is 64.6 Å². The fourth-order valence-corrected chi connectivity index (χ4v) is 2.88. The summed E-state index contributed by atoms with van der Waals surface area (Å²) < 4.78 is 10.3. The molecule has 1 amide bonds. The lowest BCUT2D eigenvalue weighted by Crippen LogP contribution is -2.16. The molecular formula is C21H25NO4. The average Bonchev–Trinajstić information content (AvgIpc) is 2.58. The summed E-state index contributed by atoms with van der Waals surface area (Å²) in [4.78, 5) is 24.7. The van der Waals surface area contributed by atoms with Crippen molar-refractivity contribution in [2.24, 2.45) is 0 Å². The van der Waals surface area contributed by atoms with Crippen LogP contribution in [0.25, 0.3) is 0 Å². The SMILES string of the molecule is CCOCCOC(=O)c1cccc(NC(=O)c2c(C)cc(C)cc2C)c1. The van der Waals surface area contributed by atoms with Gasteiger partial charge in [-0.15, -0.1) is 0 Å². The standard InChI is InChI=1S/C21H25NO4/c1-5-25-9-10-26-21(24)17-7-6-8-18(13-17)22-20(23)19-15(3)11-14(2)12-16(19)4/h6-8,11-13H,5,9-10H2,1-4H3,(H,22,23). The van der Waals surface area contributed by atoms with E-state index in [0.29, 0.717) is 30.0 Å². The van der Waals surface area contributed by atoms with Crippen LogP contribution in [0.2, 0.25) is 0 Å². The molecule has 26 heavy (non-hydrogen) atoms. The Morgan fingerprint density at radius 1 is 1.00 bits per heavy atom. The van der Waals surface area contributed by atoms with E-state index in [4.69, 9.17) is 9.47 Å². The fourth-order valence-electron chi connectivity index (χ4n) is 2.88. The Hall–Kier alpha value is -2.66. The zero-order valence-electron chi connectivity index (χ0n) is 15.7. The summed E-state index contributed by atoms with van der Waals surface area (Å²) in [6.07, 6.45) is 0. The van der Waals surface area contributed by atoms with Crippen LogP contribution in [0.5, 0.6) is 0 Å². The van der Waals surface area contributed by atoms with Crippen molar-refractivity contribution in [2.45, 2.75) is 27.7 Å². The molecule has 0 heterocycles. The van der Waals surface area contributed by atoms with Gasteiger partial charge < -0.3 is 14.8 Å². The van der Waals surface area contributed by atoms with Gasteiger partial charge in [0.05, 0.1) is 12.2 Å². The highest BCUT2D eigenvalue weighted by atomic mass is 16.6. The molecule has 0 saturated carbocycles. The molecule has 0 aromatic heterocycles. The maximum atomic E-state index is 12.6. The van der Waals surface area contributed by atoms with Crippen molar-refractivity contribution >= 4 is 17.6 Å². The van der Waals surface area contributed by atoms with E-state index in [9.17, 15) is 9.59 Å². The van der Waals surface area contributed by atoms with Crippen molar-refractivity contribution in [3.63, 3.8) is 0 Å². The van der Waals surface area contributed by atoms with E-state index in [-0.39, 0.29) is 12.5 Å². The number of hydrogen-bond donors (Lipinski definition) is 1. The molecule has 0 radical (unpaired) electrons. The van der Waals surface area contributed by atoms with Crippen LogP contribution in [0.15, 0.2) is 36.4 Å². The first kappa shape index (κ1) is 19.7. The number of nitrogens with one attached hydrogen (secondary N) is 1. The third-order valence-corrected chi connectivity index (χ3v) is 3.93. The number of hydrogen-bond acceptors (Lipinski definition) is 4. The Morgan fingerprint density at radius 2 is 1.69 bits per heavy atom. The molecule has 0 aliphatic heterocycles. The zero-order valence-corrected chi connectivity index (χ0v) is 15.7. The van der Waals surface area contributed by atoms with Gasteiger partial charge in [0, 0.05) is 17.9 Å². The Balaban J connectivity index is 2.09. The van der Waals surface area contributed by atoms with Gasteiger partial charge in [0.1, 0.15) is 6.61 Å². The second-order valence-corrected chi connectivity index (χ2v) is 6.14. The Kier molecular flexibility index (Phi) is 6.92. The Labute approximate surface area is 154 Å². The van der Waals surface area contributed by atoms with Gasteiger partial charge in [-0.25, -0.2) is 4.79 Å². The highest BCUT2D eigenvalue weighted by Crippen LogP contribution is 2.19. The molecule has 0 aliphatic rings. The maximum absolute atomic E-state index is 12.6. The fraction of sp³-hybridized carbons (Fsp3) is 0.333. The molecule has 0 aliphatic carbocycles. The monoisotopic (exact) mass is 355 g/mol. The van der Waals surface area contributed by atoms with Crippen LogP contribution in [0.1, 0.15) is 44.3 Å². The molecule has 0 bridgehead atoms. The molecule has 0 unspecified atom stereocenters. The highest BCUT2D eigenvalue weighted by Gasteiger charge is 2.14. The molecule has 5 heteroatoms. The molecule has 0 atom stereocenters. The summed E-state index contributed by atoms with van der Waals surface area (Å²) in [5.74, 6) is -0.634. The summed E-state index contributed by atoms with van der Waals surface area (Å²) in [7, 11) is 0. The summed E-state index contributed by atoms with van der Waals surface area (Å²) in [6, 6.07) is 10.7. The number of carbonyl (C=O) groups excluding carboxylic acids is 2. The van der Waals surface area contributed by atoms with E-state index < -0.39 is 5.97 Å². The quantitative estimate of drug-likeness (QED) is 0.601. The Morgan fingerprint density at radius 3 is 2.35 bits per heavy atom. The number of ether oxygens (including phenoxy) is 2. The van der Waals surface area contributed by atoms with E-state index in [1.165, 1.54) is 0 Å². The summed E-state index contributed by atoms with van der Waals surface area (Å²) in [5.41, 5.74) is 4.55. The number of rotatable bonds is 7. The van der Waals surface area contributed by atoms with Gasteiger partial charge in [0.15, 0.2) is 0 Å². The third kappa shape index (κ3) is 5.17. The molecule has 1 N–H and O–H groups in total. The second-order valence-electron chi connectivity index (χ2n) is 6.14. The minimum Gasteiger partial charge on any atom is -0.460 e. The number of anilines is 1. The smallest absolute Gasteiger partial charge is 0.338 e. The lowest BCUT2D eigenvalue weighted by Gasteiger charge is -2.12. The summed E-state index contributed by atoms with van der Waals surface area (Å²) >= 11 is 0. The lowest BCUT2D eigenvalue weighted by atomic mass is 9.99. The van der Waals surface area contributed by atoms with Crippen LogP contribution in [-0.2, 0) is 9.47 Å². The normalized spacial score (nSPS) is 10.5. The van der Waals surface area contributed by atoms with Crippen molar-refractivity contribution < 1.29 is 19.1 Å². The number of benzene rings is 2. The molecular weight excluding hydrogens is 330 g/mol. The van der Waals surface area contributed by atoms with Crippen LogP contribution in [0.3, 0.4) is 0 Å². The Bertz CT molecular complexity index is 775. The molecule has 5 nitrogen and oxygen atoms in total. The van der Waals surface area contributed by atoms with E-state index in [1.54, 1.807) is 24.3 Å². The number of esters is 1. The minimum absolute atomic E-state index is 0.193. The first-order valence-electron chi connectivity index (χ1n) is 8.66. The number of carbonyl (C=O) groups is 2. The highest BCUT2D eigenvalue weighted by molar-refractivity contribution is 6.06. The van der Waals surface area contributed by atoms with E-state index in [0.717, 1.165) is 16.7 Å². The maximum Gasteiger partial charge on any atom is 0.338 e. The molecule has 0 saturated heterocycles. The van der Waals surface area contributed by atoms with Crippen LogP contribution in [0.4, 0.5) is 5.69 Å². The first-order valence-corrected chi connectivity index (χ1v) is 8.66. The average molecular weight is 355 g/mol. The zero-order chi connectivity index (χ0) is 19.1. The number of amides is 1. The largest absolute Gasteiger partial charge is 0.460 e. The summed E-state index contributed by atoms with van der Waals surface area (Å²) in [5, 5.41) is 2.86. The minimum atomic E-state index is -0.441. The van der Waals surface area contributed by atoms with Crippen molar-refractivity contribution in [3.8, 4) is 0 Å². The molecule has 2 aromatic rings. The molecule has 138 valence electrons. The van der Waals surface area contributed by atoms with Gasteiger partial charge in [0.2, 0.25) is 0 Å². The molecule has 0 spiro atoms. The van der Waals surface area contributed by atoms with Crippen LogP contribution >= 0.6 is 0 Å². The van der Waals surface area contributed by atoms with E-state index in [2.05, 4.69) is 5.32 Å². The second kappa shape index (κ2) is 9.15. The third-order valence-electron chi connectivity index (χ3n) is 3.93. The molecule has 0 fully saturated rings. The van der Waals surface area contributed by atoms with E-state index in [1.807, 2.05) is 39.8 Å². The lowest BCUT2D eigenvalue weighted by molar-refractivity contribution is 0.0335. The van der Waals surface area contributed by atoms with Crippen molar-refractivity contribution in [1.29, 1.82) is 0 Å². The van der Waals surface area contributed by atoms with Gasteiger partial charge in [-0.2, -0.15) is 0 Å². The summed E-state index contributed by atoms with van der Waals surface area (Å²) in [6.45, 7) is 8.86. The van der Waals surface area contributed by atoms with Crippen LogP contribution in [-0.4, -0.2) is 31.7 Å². The first-order chi connectivity index (χ1) is 12.4. The van der Waals surface area contributed by atoms with Gasteiger partial charge in [0.25, 0.3) is 5.91 Å². The van der Waals surface area contributed by atoms with Crippen LogP contribution in [0, 0.1) is 20.8 Å². The van der Waals surface area contributed by atoms with Crippen molar-refractivity contribution in [3.05, 3.63) is 64.2 Å². The van der Waals surface area contributed by atoms with Gasteiger partial charge in [-0.1, -0.05) is 23.8 Å². The van der Waals surface area contributed by atoms with Gasteiger partial charge in [-0.3, -0.25) is 4.79 Å². The molecule has 2 rings (SSSR count). The van der Waals surface area contributed by atoms with Crippen molar-refractivity contribution in [2.75, 3.05) is 25.1 Å². The predicted octanol–water partition coefficient (Wildman–Crippen LogP) is 4.06. The van der Waals surface area contributed by atoms with Gasteiger partial charge in [-0.05, 0) is 57.0 Å².